The van der Waals surface area contributed by atoms with Gasteiger partial charge in [0.1, 0.15) is 5.54 Å². The van der Waals surface area contributed by atoms with Crippen molar-refractivity contribution in [2.24, 2.45) is 0 Å². The first-order valence-electron chi connectivity index (χ1n) is 11.2. The largest absolute Gasteiger partial charge is 0.322 e. The molecule has 0 bridgehead atoms. The summed E-state index contributed by atoms with van der Waals surface area (Å²) >= 11 is 0. The topological polar surface area (TPSA) is 105 Å². The predicted octanol–water partition coefficient (Wildman–Crippen LogP) is 3.45. The van der Waals surface area contributed by atoms with Crippen molar-refractivity contribution >= 4 is 23.5 Å². The zero-order valence-corrected chi connectivity index (χ0v) is 18.4. The maximum Gasteiger partial charge on any atom is 0.322 e. The van der Waals surface area contributed by atoms with E-state index >= 15 is 0 Å². The third-order valence-corrected chi connectivity index (χ3v) is 6.39. The molecule has 1 aromatic heterocycles. The van der Waals surface area contributed by atoms with Gasteiger partial charge in [0, 0.05) is 16.9 Å². The molecule has 33 heavy (non-hydrogen) atoms. The van der Waals surface area contributed by atoms with Crippen molar-refractivity contribution in [2.75, 3.05) is 5.32 Å². The molecule has 1 fully saturated rings. The summed E-state index contributed by atoms with van der Waals surface area (Å²) in [5, 5.41) is 12.6. The monoisotopic (exact) mass is 443 g/mol. The van der Waals surface area contributed by atoms with Crippen molar-refractivity contribution in [3.05, 3.63) is 77.1 Å². The van der Waals surface area contributed by atoms with E-state index in [1.54, 1.807) is 31.2 Å². The van der Waals surface area contributed by atoms with Gasteiger partial charge in [0.25, 0.3) is 11.8 Å². The Morgan fingerprint density at radius 3 is 2.58 bits per heavy atom. The first-order chi connectivity index (χ1) is 16.0. The lowest BCUT2D eigenvalue weighted by molar-refractivity contribution is -0.123. The number of carbonyl (C=O) groups is 3. The number of aromatic nitrogens is 2. The number of urea groups is 1. The number of anilines is 1. The molecule has 2 heterocycles. The minimum atomic E-state index is -1.19. The molecule has 0 radical (unpaired) electrons. The van der Waals surface area contributed by atoms with E-state index in [0.717, 1.165) is 49.0 Å². The van der Waals surface area contributed by atoms with Crippen molar-refractivity contribution in [3.63, 3.8) is 0 Å². The number of benzene rings is 2. The van der Waals surface area contributed by atoms with Gasteiger partial charge in [-0.3, -0.25) is 14.9 Å². The summed E-state index contributed by atoms with van der Waals surface area (Å²) in [4.78, 5) is 37.3. The summed E-state index contributed by atoms with van der Waals surface area (Å²) in [6, 6.07) is 16.3. The molecule has 3 aromatic rings. The van der Waals surface area contributed by atoms with Crippen molar-refractivity contribution in [1.82, 2.24) is 20.4 Å². The van der Waals surface area contributed by atoms with Gasteiger partial charge in [-0.15, -0.1) is 0 Å². The summed E-state index contributed by atoms with van der Waals surface area (Å²) in [6.45, 7) is 1.63. The molecule has 0 saturated carbocycles. The van der Waals surface area contributed by atoms with Gasteiger partial charge in [-0.05, 0) is 62.4 Å². The number of imide groups is 1. The minimum absolute atomic E-state index is 0.287. The van der Waals surface area contributed by atoms with Crippen LogP contribution in [0.3, 0.4) is 0 Å². The molecule has 8 nitrogen and oxygen atoms in total. The van der Waals surface area contributed by atoms with Gasteiger partial charge in [-0.25, -0.2) is 9.48 Å². The number of fused-ring (bicyclic) bond motifs is 1. The van der Waals surface area contributed by atoms with Crippen molar-refractivity contribution in [2.45, 2.75) is 44.6 Å². The Labute approximate surface area is 191 Å². The van der Waals surface area contributed by atoms with E-state index in [1.807, 2.05) is 35.0 Å². The Kier molecular flexibility index (Phi) is 5.20. The third-order valence-electron chi connectivity index (χ3n) is 6.39. The van der Waals surface area contributed by atoms with Crippen LogP contribution in [-0.2, 0) is 23.2 Å². The average molecular weight is 444 g/mol. The molecular weight excluding hydrogens is 418 g/mol. The van der Waals surface area contributed by atoms with E-state index in [2.05, 4.69) is 16.0 Å². The smallest absolute Gasteiger partial charge is 0.321 e. The maximum atomic E-state index is 13.3. The van der Waals surface area contributed by atoms with Crippen LogP contribution in [-0.4, -0.2) is 27.6 Å². The lowest BCUT2D eigenvalue weighted by Gasteiger charge is -2.21. The SMILES string of the molecule is CC1(c2cccc(NC(=O)c3nn(-c4ccccc4)c4c3CCCCC4)c2)NC(=O)NC1=O. The normalized spacial score (nSPS) is 19.9. The first-order valence-corrected chi connectivity index (χ1v) is 11.2. The molecule has 5 rings (SSSR count). The molecule has 1 aliphatic heterocycles. The molecule has 4 amide bonds. The van der Waals surface area contributed by atoms with E-state index < -0.39 is 17.5 Å². The van der Waals surface area contributed by atoms with Gasteiger partial charge in [-0.2, -0.15) is 5.10 Å². The van der Waals surface area contributed by atoms with Gasteiger partial charge in [0.2, 0.25) is 0 Å². The first kappa shape index (κ1) is 20.9. The second-order valence-electron chi connectivity index (χ2n) is 8.65. The number of hydrogen-bond donors (Lipinski definition) is 3. The fraction of sp³-hybridized carbons (Fsp3) is 0.280. The van der Waals surface area contributed by atoms with Crippen molar-refractivity contribution in [3.8, 4) is 5.69 Å². The number of hydrogen-bond acceptors (Lipinski definition) is 4. The van der Waals surface area contributed by atoms with Gasteiger partial charge in [0.15, 0.2) is 5.69 Å². The highest BCUT2D eigenvalue weighted by molar-refractivity contribution is 6.07. The van der Waals surface area contributed by atoms with E-state index in [1.165, 1.54) is 0 Å². The molecule has 0 spiro atoms. The van der Waals surface area contributed by atoms with Gasteiger partial charge < -0.3 is 10.6 Å². The number of nitrogens with zero attached hydrogens (tertiary/aromatic N) is 2. The van der Waals surface area contributed by atoms with Crippen LogP contribution in [0.25, 0.3) is 5.69 Å². The Bertz CT molecular complexity index is 1250. The molecule has 3 N–H and O–H groups in total. The Hall–Kier alpha value is -3.94. The van der Waals surface area contributed by atoms with Crippen molar-refractivity contribution < 1.29 is 14.4 Å². The van der Waals surface area contributed by atoms with E-state index in [0.29, 0.717) is 16.9 Å². The molecule has 8 heteroatoms. The fourth-order valence-corrected chi connectivity index (χ4v) is 4.59. The van der Waals surface area contributed by atoms with Crippen LogP contribution in [0.2, 0.25) is 0 Å². The number of carbonyl (C=O) groups excluding carboxylic acids is 3. The highest BCUT2D eigenvalue weighted by atomic mass is 16.2. The Morgan fingerprint density at radius 1 is 1.03 bits per heavy atom. The average Bonchev–Trinajstić information content (AvgIpc) is 3.19. The lowest BCUT2D eigenvalue weighted by Crippen LogP contribution is -2.40. The Balaban J connectivity index is 1.47. The van der Waals surface area contributed by atoms with Crippen LogP contribution in [0.1, 0.15) is 53.5 Å². The van der Waals surface area contributed by atoms with Crippen molar-refractivity contribution in [1.29, 1.82) is 0 Å². The molecule has 1 unspecified atom stereocenters. The molecule has 1 saturated heterocycles. The quantitative estimate of drug-likeness (QED) is 0.424. The molecule has 168 valence electrons. The minimum Gasteiger partial charge on any atom is -0.321 e. The Morgan fingerprint density at radius 2 is 1.82 bits per heavy atom. The summed E-state index contributed by atoms with van der Waals surface area (Å²) in [6.07, 6.45) is 4.92. The maximum absolute atomic E-state index is 13.3. The number of nitrogens with one attached hydrogen (secondary N) is 3. The van der Waals surface area contributed by atoms with E-state index in [-0.39, 0.29) is 5.91 Å². The number of para-hydroxylation sites is 1. The van der Waals surface area contributed by atoms with Crippen LogP contribution in [0, 0.1) is 0 Å². The van der Waals surface area contributed by atoms with Crippen LogP contribution < -0.4 is 16.0 Å². The molecule has 2 aliphatic rings. The van der Waals surface area contributed by atoms with Crippen LogP contribution in [0.5, 0.6) is 0 Å². The number of rotatable bonds is 4. The van der Waals surface area contributed by atoms with Gasteiger partial charge in [0.05, 0.1) is 5.69 Å². The predicted molar refractivity (Wildman–Crippen MR) is 123 cm³/mol. The summed E-state index contributed by atoms with van der Waals surface area (Å²) < 4.78 is 1.89. The van der Waals surface area contributed by atoms with Crippen LogP contribution >= 0.6 is 0 Å². The highest BCUT2D eigenvalue weighted by Gasteiger charge is 2.43. The summed E-state index contributed by atoms with van der Waals surface area (Å²) in [5.74, 6) is -0.715. The van der Waals surface area contributed by atoms with E-state index in [9.17, 15) is 14.4 Å². The summed E-state index contributed by atoms with van der Waals surface area (Å²) in [5.41, 5.74) is 3.38. The molecular formula is C25H25N5O3. The standard InChI is InChI=1S/C25H25N5O3/c1-25(23(32)27-24(33)28-25)16-9-8-10-17(15-16)26-22(31)21-19-13-6-3-7-14-20(19)30(29-21)18-11-4-2-5-12-18/h2,4-5,8-12,15H,3,6-7,13-14H2,1H3,(H,26,31)(H2,27,28,32,33). The zero-order valence-electron chi connectivity index (χ0n) is 18.4. The van der Waals surface area contributed by atoms with Gasteiger partial charge in [-0.1, -0.05) is 36.8 Å². The van der Waals surface area contributed by atoms with E-state index in [4.69, 9.17) is 5.10 Å². The lowest BCUT2D eigenvalue weighted by atomic mass is 9.92. The van der Waals surface area contributed by atoms with Gasteiger partial charge >= 0.3 is 6.03 Å². The van der Waals surface area contributed by atoms with Crippen LogP contribution in [0.4, 0.5) is 10.5 Å². The number of amides is 4. The third kappa shape index (κ3) is 3.77. The molecule has 1 aliphatic carbocycles. The highest BCUT2D eigenvalue weighted by Crippen LogP contribution is 2.29. The molecule has 1 atom stereocenters. The summed E-state index contributed by atoms with van der Waals surface area (Å²) in [7, 11) is 0. The second kappa shape index (κ2) is 8.20. The van der Waals surface area contributed by atoms with Crippen LogP contribution in [0.15, 0.2) is 54.6 Å². The zero-order chi connectivity index (χ0) is 23.0. The fourth-order valence-electron chi connectivity index (χ4n) is 4.59. The second-order valence-corrected chi connectivity index (χ2v) is 8.65. The molecule has 2 aromatic carbocycles.